The Morgan fingerprint density at radius 3 is 2.89 bits per heavy atom. The van der Waals surface area contributed by atoms with E-state index in [9.17, 15) is 10.2 Å². The van der Waals surface area contributed by atoms with Crippen LogP contribution in [0.1, 0.15) is 53.3 Å². The van der Waals surface area contributed by atoms with Crippen molar-refractivity contribution in [2.45, 2.75) is 61.7 Å². The van der Waals surface area contributed by atoms with E-state index < -0.39 is 11.0 Å². The fourth-order valence-corrected chi connectivity index (χ4v) is 8.14. The summed E-state index contributed by atoms with van der Waals surface area (Å²) in [6.45, 7) is 2.54. The quantitative estimate of drug-likeness (QED) is 0.270. The SMILES string of the molecule is NC(N)=NCCc1ccc2[nH]c3c(c2c1)C[C@@]1(O)[C@H]2Cc4ccc(O)c5c4[C@@]1(CCN2CC1CC1)[C@H]3O5. The van der Waals surface area contributed by atoms with Crippen LogP contribution in [0, 0.1) is 5.92 Å². The molecule has 3 heterocycles. The summed E-state index contributed by atoms with van der Waals surface area (Å²) in [6, 6.07) is 10.3. The highest BCUT2D eigenvalue weighted by Crippen LogP contribution is 2.69. The standard InChI is InChI=1S/C29H33N5O3/c30-27(31)32-9-7-15-3-5-20-18(11-15)19-13-29(36)22-12-17-4-6-21(35)25-23(17)28(29,26(37-25)24(19)33-20)8-10-34(22)14-16-1-2-16/h3-6,11,16,22,26,33,35-36H,1-2,7-10,12-14H2,(H4,30,31,32)/t22-,26+,28+,29-/m1/s1. The smallest absolute Gasteiger partial charge is 0.185 e. The summed E-state index contributed by atoms with van der Waals surface area (Å²) in [4.78, 5) is 10.4. The lowest BCUT2D eigenvalue weighted by molar-refractivity contribution is -0.173. The summed E-state index contributed by atoms with van der Waals surface area (Å²) in [5, 5.41) is 24.9. The Bertz CT molecular complexity index is 1490. The molecule has 8 rings (SSSR count). The largest absolute Gasteiger partial charge is 0.504 e. The molecule has 0 radical (unpaired) electrons. The lowest BCUT2D eigenvalue weighted by atomic mass is 9.49. The summed E-state index contributed by atoms with van der Waals surface area (Å²) in [5.74, 6) is 1.60. The number of hydrogen-bond donors (Lipinski definition) is 5. The van der Waals surface area contributed by atoms with E-state index in [1.54, 1.807) is 6.07 Å². The molecule has 2 aromatic carbocycles. The number of aliphatic imine (C=N–C) groups is 1. The molecule has 1 spiro atoms. The zero-order valence-electron chi connectivity index (χ0n) is 20.8. The molecule has 192 valence electrons. The van der Waals surface area contributed by atoms with Crippen molar-refractivity contribution < 1.29 is 14.9 Å². The van der Waals surface area contributed by atoms with Crippen LogP contribution >= 0.6 is 0 Å². The number of fused-ring (bicyclic) bond motifs is 4. The lowest BCUT2D eigenvalue weighted by Gasteiger charge is -2.62. The van der Waals surface area contributed by atoms with Crippen LogP contribution in [0.2, 0.25) is 0 Å². The minimum absolute atomic E-state index is 0.0269. The van der Waals surface area contributed by atoms with Gasteiger partial charge in [0.05, 0.1) is 16.7 Å². The molecular weight excluding hydrogens is 466 g/mol. The van der Waals surface area contributed by atoms with Gasteiger partial charge in [-0.05, 0) is 79.5 Å². The van der Waals surface area contributed by atoms with Gasteiger partial charge in [0.2, 0.25) is 0 Å². The van der Waals surface area contributed by atoms with Crippen molar-refractivity contribution in [3.05, 3.63) is 58.3 Å². The van der Waals surface area contributed by atoms with Crippen molar-refractivity contribution in [3.8, 4) is 11.5 Å². The number of phenolic OH excluding ortho intramolecular Hbond substituents is 1. The maximum absolute atomic E-state index is 12.9. The number of piperidine rings is 1. The van der Waals surface area contributed by atoms with Crippen molar-refractivity contribution in [1.82, 2.24) is 9.88 Å². The van der Waals surface area contributed by atoms with Crippen LogP contribution < -0.4 is 16.2 Å². The lowest BCUT2D eigenvalue weighted by Crippen LogP contribution is -2.74. The van der Waals surface area contributed by atoms with Crippen molar-refractivity contribution in [2.75, 3.05) is 19.6 Å². The number of hydrogen-bond acceptors (Lipinski definition) is 5. The van der Waals surface area contributed by atoms with Crippen LogP contribution in [-0.4, -0.2) is 57.3 Å². The molecule has 8 heteroatoms. The number of rotatable bonds is 5. The molecule has 3 aromatic rings. The maximum atomic E-state index is 12.9. The first-order valence-electron chi connectivity index (χ1n) is 13.6. The Morgan fingerprint density at radius 2 is 2.08 bits per heavy atom. The third-order valence-corrected chi connectivity index (χ3v) is 9.92. The van der Waals surface area contributed by atoms with Gasteiger partial charge < -0.3 is 31.4 Å². The Labute approximate surface area is 215 Å². The van der Waals surface area contributed by atoms with Gasteiger partial charge in [0.25, 0.3) is 0 Å². The number of nitrogens with two attached hydrogens (primary N) is 2. The molecule has 2 bridgehead atoms. The predicted molar refractivity (Wildman–Crippen MR) is 141 cm³/mol. The number of nitrogens with one attached hydrogen (secondary N) is 1. The Morgan fingerprint density at radius 1 is 1.22 bits per heavy atom. The number of guanidine groups is 1. The minimum Gasteiger partial charge on any atom is -0.504 e. The molecule has 37 heavy (non-hydrogen) atoms. The molecule has 2 fully saturated rings. The summed E-state index contributed by atoms with van der Waals surface area (Å²) < 4.78 is 6.68. The number of H-pyrrole nitrogens is 1. The highest BCUT2D eigenvalue weighted by molar-refractivity contribution is 5.87. The summed E-state index contributed by atoms with van der Waals surface area (Å²) in [5.41, 5.74) is 16.1. The second-order valence-electron chi connectivity index (χ2n) is 11.9. The molecule has 1 saturated heterocycles. The zero-order chi connectivity index (χ0) is 25.1. The fraction of sp³-hybridized carbons (Fsp3) is 0.483. The Hall–Kier alpha value is -3.23. The Balaban J connectivity index is 1.30. The van der Waals surface area contributed by atoms with E-state index in [0.29, 0.717) is 18.7 Å². The average Bonchev–Trinajstić information content (AvgIpc) is 3.51. The van der Waals surface area contributed by atoms with Gasteiger partial charge in [-0.1, -0.05) is 12.1 Å². The van der Waals surface area contributed by atoms with Crippen LogP contribution in [-0.2, 0) is 24.7 Å². The van der Waals surface area contributed by atoms with Crippen molar-refractivity contribution in [3.63, 3.8) is 0 Å². The van der Waals surface area contributed by atoms with Crippen LogP contribution in [0.25, 0.3) is 10.9 Å². The summed E-state index contributed by atoms with van der Waals surface area (Å²) in [7, 11) is 0. The number of aromatic amines is 1. The third kappa shape index (κ3) is 2.77. The molecule has 0 amide bonds. The second kappa shape index (κ2) is 7.20. The van der Waals surface area contributed by atoms with Gasteiger partial charge in [-0.15, -0.1) is 0 Å². The van der Waals surface area contributed by atoms with Crippen molar-refractivity contribution in [1.29, 1.82) is 0 Å². The molecule has 0 unspecified atom stereocenters. The predicted octanol–water partition coefficient (Wildman–Crippen LogP) is 2.39. The van der Waals surface area contributed by atoms with Gasteiger partial charge in [0.1, 0.15) is 0 Å². The van der Waals surface area contributed by atoms with Gasteiger partial charge in [0, 0.05) is 42.0 Å². The number of likely N-dealkylation sites (tertiary alicyclic amines) is 1. The van der Waals surface area contributed by atoms with Gasteiger partial charge >= 0.3 is 0 Å². The van der Waals surface area contributed by atoms with Crippen molar-refractivity contribution >= 4 is 16.9 Å². The molecule has 1 saturated carbocycles. The minimum atomic E-state index is -0.979. The zero-order valence-corrected chi connectivity index (χ0v) is 20.8. The van der Waals surface area contributed by atoms with E-state index >= 15 is 0 Å². The number of ether oxygens (including phenoxy) is 1. The topological polar surface area (TPSA) is 133 Å². The first-order chi connectivity index (χ1) is 17.9. The molecule has 2 aliphatic heterocycles. The molecule has 5 aliphatic rings. The highest BCUT2D eigenvalue weighted by Gasteiger charge is 2.72. The average molecular weight is 500 g/mol. The van der Waals surface area contributed by atoms with E-state index in [-0.39, 0.29) is 23.9 Å². The maximum Gasteiger partial charge on any atom is 0.185 e. The van der Waals surface area contributed by atoms with Crippen LogP contribution in [0.4, 0.5) is 0 Å². The number of nitrogens with zero attached hydrogens (tertiary/aromatic N) is 2. The Kier molecular flexibility index (Phi) is 4.25. The van der Waals surface area contributed by atoms with Gasteiger partial charge in [0.15, 0.2) is 23.6 Å². The monoisotopic (exact) mass is 499 g/mol. The molecule has 8 nitrogen and oxygen atoms in total. The number of phenols is 1. The molecule has 7 N–H and O–H groups in total. The number of aliphatic hydroxyl groups is 1. The number of aromatic hydroxyl groups is 1. The van der Waals surface area contributed by atoms with Gasteiger partial charge in [-0.25, -0.2) is 0 Å². The van der Waals surface area contributed by atoms with E-state index in [4.69, 9.17) is 16.2 Å². The summed E-state index contributed by atoms with van der Waals surface area (Å²) >= 11 is 0. The normalized spacial score (nSPS) is 31.1. The fourth-order valence-electron chi connectivity index (χ4n) is 8.14. The molecule has 1 aromatic heterocycles. The van der Waals surface area contributed by atoms with E-state index in [0.717, 1.165) is 71.6 Å². The van der Waals surface area contributed by atoms with Gasteiger partial charge in [-0.2, -0.15) is 0 Å². The van der Waals surface area contributed by atoms with Crippen molar-refractivity contribution in [2.24, 2.45) is 22.4 Å². The van der Waals surface area contributed by atoms with Crippen LogP contribution in [0.3, 0.4) is 0 Å². The molecule has 3 aliphatic carbocycles. The second-order valence-corrected chi connectivity index (χ2v) is 11.9. The molecule has 4 atom stereocenters. The van der Waals surface area contributed by atoms with E-state index in [1.807, 2.05) is 0 Å². The van der Waals surface area contributed by atoms with E-state index in [1.165, 1.54) is 18.4 Å². The molecular formula is C29H33N5O3. The van der Waals surface area contributed by atoms with Crippen LogP contribution in [0.15, 0.2) is 35.3 Å². The first kappa shape index (κ1) is 21.8. The van der Waals surface area contributed by atoms with Gasteiger partial charge in [-0.3, -0.25) is 9.89 Å². The first-order valence-corrected chi connectivity index (χ1v) is 13.6. The number of aromatic nitrogens is 1. The van der Waals surface area contributed by atoms with Crippen LogP contribution in [0.5, 0.6) is 11.5 Å². The summed E-state index contributed by atoms with van der Waals surface area (Å²) in [6.07, 6.45) is 5.14. The third-order valence-electron chi connectivity index (χ3n) is 9.92. The van der Waals surface area contributed by atoms with E-state index in [2.05, 4.69) is 39.1 Å². The highest BCUT2D eigenvalue weighted by atomic mass is 16.5. The number of benzene rings is 2.